The predicted molar refractivity (Wildman–Crippen MR) is 150 cm³/mol. The number of hydrogen-bond donors (Lipinski definition) is 3. The van der Waals surface area contributed by atoms with Crippen LogP contribution in [0.2, 0.25) is 0 Å². The highest BCUT2D eigenvalue weighted by atomic mass is 17.3. The highest BCUT2D eigenvalue weighted by Gasteiger charge is 2.69. The Morgan fingerprint density at radius 1 is 1.10 bits per heavy atom. The SMILES string of the molecule is C[C@@H]1CC[C@H]2[C@@H](C)C(OCC(O)C(NCCCN3CCNCC3)c3ccccc3)O[C@@H]3O[C@]4(C)CC[C@@H]1[C@]32OO4. The van der Waals surface area contributed by atoms with E-state index in [1.165, 1.54) is 0 Å². The zero-order chi connectivity index (χ0) is 27.7. The van der Waals surface area contributed by atoms with Crippen molar-refractivity contribution in [2.45, 2.75) is 89.0 Å². The average molecular weight is 560 g/mol. The first kappa shape index (κ1) is 29.0. The molecule has 10 atom stereocenters. The fraction of sp³-hybridized carbons (Fsp3) is 0.806. The van der Waals surface area contributed by atoms with E-state index in [-0.39, 0.29) is 24.5 Å². The summed E-state index contributed by atoms with van der Waals surface area (Å²) in [5.41, 5.74) is 0.453. The van der Waals surface area contributed by atoms with Crippen LogP contribution in [0.5, 0.6) is 0 Å². The second-order valence-corrected chi connectivity index (χ2v) is 13.0. The minimum absolute atomic E-state index is 0.0790. The number of nitrogens with zero attached hydrogens (tertiary/aromatic N) is 1. The van der Waals surface area contributed by atoms with Crippen molar-refractivity contribution in [2.24, 2.45) is 23.7 Å². The van der Waals surface area contributed by atoms with Gasteiger partial charge in [0.15, 0.2) is 18.2 Å². The Kier molecular flexibility index (Phi) is 8.85. The standard InChI is InChI=1S/C31H49N3O6/c1-21-10-11-25-22(2)28(37-29-31(25)24(21)12-13-30(3,38-29)39-40-31)36-20-26(35)27(23-8-5-4-6-9-23)33-14-7-17-34-18-15-32-16-19-34/h4-6,8-9,21-22,24-29,32-33,35H,7,10-20H2,1-3H3/t21-,22-,24+,25+,26?,27?,28?,29-,30+,31-/m1/s1. The number of aliphatic hydroxyl groups excluding tert-OH is 1. The van der Waals surface area contributed by atoms with Crippen LogP contribution in [0.15, 0.2) is 30.3 Å². The molecule has 1 saturated carbocycles. The third kappa shape index (κ3) is 5.62. The summed E-state index contributed by atoms with van der Waals surface area (Å²) in [4.78, 5) is 14.7. The van der Waals surface area contributed by atoms with Gasteiger partial charge in [-0.25, -0.2) is 9.78 Å². The minimum Gasteiger partial charge on any atom is -0.389 e. The van der Waals surface area contributed by atoms with Crippen molar-refractivity contribution in [3.63, 3.8) is 0 Å². The van der Waals surface area contributed by atoms with E-state index in [0.717, 1.165) is 76.9 Å². The summed E-state index contributed by atoms with van der Waals surface area (Å²) in [7, 11) is 0. The molecule has 7 rings (SSSR count). The molecule has 0 radical (unpaired) electrons. The van der Waals surface area contributed by atoms with Crippen molar-refractivity contribution in [2.75, 3.05) is 45.9 Å². The fourth-order valence-corrected chi connectivity index (χ4v) is 7.98. The van der Waals surface area contributed by atoms with Crippen LogP contribution in [0, 0.1) is 23.7 Å². The van der Waals surface area contributed by atoms with Gasteiger partial charge in [0, 0.05) is 44.4 Å². The van der Waals surface area contributed by atoms with Gasteiger partial charge >= 0.3 is 0 Å². The summed E-state index contributed by atoms with van der Waals surface area (Å²) in [5.74, 6) is 0.309. The topological polar surface area (TPSA) is 93.7 Å². The molecule has 9 heteroatoms. The molecule has 3 unspecified atom stereocenters. The van der Waals surface area contributed by atoms with Gasteiger partial charge in [-0.3, -0.25) is 0 Å². The van der Waals surface area contributed by atoms with Gasteiger partial charge in [0.05, 0.1) is 18.8 Å². The molecule has 5 aliphatic heterocycles. The van der Waals surface area contributed by atoms with Crippen molar-refractivity contribution < 1.29 is 29.1 Å². The minimum atomic E-state index is -0.810. The maximum Gasteiger partial charge on any atom is 0.201 e. The number of fused-ring (bicyclic) bond motifs is 2. The first-order valence-electron chi connectivity index (χ1n) is 15.6. The van der Waals surface area contributed by atoms with Crippen molar-refractivity contribution in [1.82, 2.24) is 15.5 Å². The summed E-state index contributed by atoms with van der Waals surface area (Å²) < 4.78 is 19.4. The number of rotatable bonds is 10. The molecule has 6 fully saturated rings. The van der Waals surface area contributed by atoms with Crippen LogP contribution in [0.1, 0.15) is 64.5 Å². The van der Waals surface area contributed by atoms with E-state index in [1.54, 1.807) is 0 Å². The molecule has 224 valence electrons. The van der Waals surface area contributed by atoms with Gasteiger partial charge < -0.3 is 34.9 Å². The number of hydrogen-bond acceptors (Lipinski definition) is 9. The molecule has 0 amide bonds. The van der Waals surface area contributed by atoms with Crippen LogP contribution < -0.4 is 10.6 Å². The molecule has 1 aromatic carbocycles. The normalized spacial score (nSPS) is 41.2. The predicted octanol–water partition coefficient (Wildman–Crippen LogP) is 3.20. The molecule has 1 aromatic rings. The molecule has 9 nitrogen and oxygen atoms in total. The quantitative estimate of drug-likeness (QED) is 0.295. The number of benzene rings is 1. The van der Waals surface area contributed by atoms with Gasteiger partial charge in [-0.05, 0) is 63.1 Å². The monoisotopic (exact) mass is 559 g/mol. The third-order valence-corrected chi connectivity index (χ3v) is 10.3. The van der Waals surface area contributed by atoms with Crippen molar-refractivity contribution in [3.8, 4) is 0 Å². The number of aliphatic hydroxyl groups is 1. The Labute approximate surface area is 239 Å². The molecule has 0 aromatic heterocycles. The maximum atomic E-state index is 11.4. The fourth-order valence-electron chi connectivity index (χ4n) is 7.98. The van der Waals surface area contributed by atoms with E-state index in [9.17, 15) is 5.11 Å². The Morgan fingerprint density at radius 3 is 2.70 bits per heavy atom. The molecule has 1 spiro atoms. The maximum absolute atomic E-state index is 11.4. The van der Waals surface area contributed by atoms with Crippen LogP contribution in [0.4, 0.5) is 0 Å². The molecule has 1 aliphatic carbocycles. The summed E-state index contributed by atoms with van der Waals surface area (Å²) >= 11 is 0. The average Bonchev–Trinajstić information content (AvgIpc) is 3.20. The third-order valence-electron chi connectivity index (χ3n) is 10.3. The van der Waals surface area contributed by atoms with Gasteiger partial charge in [-0.1, -0.05) is 44.2 Å². The number of ether oxygens (including phenoxy) is 3. The van der Waals surface area contributed by atoms with Crippen molar-refractivity contribution in [3.05, 3.63) is 35.9 Å². The van der Waals surface area contributed by atoms with E-state index >= 15 is 0 Å². The summed E-state index contributed by atoms with van der Waals surface area (Å²) in [6.07, 6.45) is 3.23. The van der Waals surface area contributed by atoms with Crippen molar-refractivity contribution in [1.29, 1.82) is 0 Å². The lowest BCUT2D eigenvalue weighted by molar-refractivity contribution is -0.577. The summed E-state index contributed by atoms with van der Waals surface area (Å²) in [5, 5.41) is 18.5. The smallest absolute Gasteiger partial charge is 0.201 e. The highest BCUT2D eigenvalue weighted by molar-refractivity contribution is 5.20. The molecule has 5 saturated heterocycles. The lowest BCUT2D eigenvalue weighted by atomic mass is 9.58. The Hall–Kier alpha value is -1.14. The first-order valence-corrected chi connectivity index (χ1v) is 15.6. The lowest BCUT2D eigenvalue weighted by Crippen LogP contribution is -2.70. The van der Waals surface area contributed by atoms with Crippen LogP contribution >= 0.6 is 0 Å². The van der Waals surface area contributed by atoms with Gasteiger partial charge in [0.1, 0.15) is 0 Å². The Morgan fingerprint density at radius 2 is 1.90 bits per heavy atom. The highest BCUT2D eigenvalue weighted by Crippen LogP contribution is 2.60. The summed E-state index contributed by atoms with van der Waals surface area (Å²) in [6.45, 7) is 12.8. The van der Waals surface area contributed by atoms with Gasteiger partial charge in [-0.2, -0.15) is 0 Å². The van der Waals surface area contributed by atoms with E-state index in [2.05, 4.69) is 41.5 Å². The van der Waals surface area contributed by atoms with E-state index in [0.29, 0.717) is 11.8 Å². The molecule has 5 heterocycles. The zero-order valence-electron chi connectivity index (χ0n) is 24.4. The number of nitrogens with one attached hydrogen (secondary N) is 2. The van der Waals surface area contributed by atoms with Gasteiger partial charge in [0.2, 0.25) is 5.79 Å². The molecular formula is C31H49N3O6. The Bertz CT molecular complexity index is 966. The second kappa shape index (κ2) is 12.2. The lowest BCUT2D eigenvalue weighted by Gasteiger charge is -2.60. The molecule has 3 N–H and O–H groups in total. The molecule has 40 heavy (non-hydrogen) atoms. The number of piperazine rings is 1. The van der Waals surface area contributed by atoms with Crippen LogP contribution in [0.25, 0.3) is 0 Å². The molecule has 2 bridgehead atoms. The molecule has 6 aliphatic rings. The van der Waals surface area contributed by atoms with E-state index in [4.69, 9.17) is 24.0 Å². The largest absolute Gasteiger partial charge is 0.389 e. The second-order valence-electron chi connectivity index (χ2n) is 13.0. The first-order chi connectivity index (χ1) is 19.4. The van der Waals surface area contributed by atoms with E-state index in [1.807, 2.05) is 25.1 Å². The summed E-state index contributed by atoms with van der Waals surface area (Å²) in [6, 6.07) is 9.95. The van der Waals surface area contributed by atoms with Crippen LogP contribution in [-0.4, -0.2) is 86.0 Å². The van der Waals surface area contributed by atoms with Gasteiger partial charge in [-0.15, -0.1) is 0 Å². The van der Waals surface area contributed by atoms with Crippen molar-refractivity contribution >= 4 is 0 Å². The van der Waals surface area contributed by atoms with Crippen LogP contribution in [0.3, 0.4) is 0 Å². The molecular weight excluding hydrogens is 510 g/mol. The van der Waals surface area contributed by atoms with Gasteiger partial charge in [0.25, 0.3) is 0 Å². The Balaban J connectivity index is 1.10. The zero-order valence-corrected chi connectivity index (χ0v) is 24.4. The van der Waals surface area contributed by atoms with E-state index < -0.39 is 30.1 Å². The van der Waals surface area contributed by atoms with Crippen LogP contribution in [-0.2, 0) is 24.0 Å².